The summed E-state index contributed by atoms with van der Waals surface area (Å²) >= 11 is 0. The van der Waals surface area contributed by atoms with Gasteiger partial charge in [0.15, 0.2) is 5.78 Å². The molecule has 0 bridgehead atoms. The van der Waals surface area contributed by atoms with E-state index in [1.54, 1.807) is 24.3 Å². The molecule has 0 aliphatic carbocycles. The summed E-state index contributed by atoms with van der Waals surface area (Å²) < 4.78 is 0. The normalized spacial score (nSPS) is 24.8. The smallest absolute Gasteiger partial charge is 0.238 e. The number of nitrogens with one attached hydrogen (secondary N) is 2. The molecule has 1 aromatic rings. The third-order valence-corrected chi connectivity index (χ3v) is 4.41. The maximum Gasteiger partial charge on any atom is 0.238 e. The summed E-state index contributed by atoms with van der Waals surface area (Å²) in [6, 6.07) is 7.03. The van der Waals surface area contributed by atoms with Crippen molar-refractivity contribution in [2.75, 3.05) is 38.0 Å². The quantitative estimate of drug-likeness (QED) is 0.810. The zero-order valence-electron chi connectivity index (χ0n) is 12.3. The molecule has 2 heterocycles. The van der Waals surface area contributed by atoms with Gasteiger partial charge < -0.3 is 10.6 Å². The molecule has 3 rings (SSSR count). The largest absolute Gasteiger partial charge is 0.325 e. The first-order chi connectivity index (χ1) is 10.1. The Hall–Kier alpha value is -1.72. The van der Waals surface area contributed by atoms with Gasteiger partial charge in [-0.05, 0) is 56.1 Å². The fraction of sp³-hybridized carbons (Fsp3) is 0.500. The summed E-state index contributed by atoms with van der Waals surface area (Å²) in [5.74, 6) is 1.45. The van der Waals surface area contributed by atoms with Crippen LogP contribution in [0, 0.1) is 11.8 Å². The molecule has 0 radical (unpaired) electrons. The van der Waals surface area contributed by atoms with E-state index in [2.05, 4.69) is 15.5 Å². The van der Waals surface area contributed by atoms with Gasteiger partial charge in [-0.2, -0.15) is 0 Å². The van der Waals surface area contributed by atoms with Gasteiger partial charge in [0.1, 0.15) is 0 Å². The van der Waals surface area contributed by atoms with Crippen LogP contribution in [0.4, 0.5) is 5.69 Å². The first kappa shape index (κ1) is 14.2. The lowest BCUT2D eigenvalue weighted by atomic mass is 10.0. The second-order valence-corrected chi connectivity index (χ2v) is 6.05. The highest BCUT2D eigenvalue weighted by Crippen LogP contribution is 2.25. The summed E-state index contributed by atoms with van der Waals surface area (Å²) in [6.07, 6.45) is 0. The van der Waals surface area contributed by atoms with E-state index < -0.39 is 0 Å². The summed E-state index contributed by atoms with van der Waals surface area (Å²) in [5.41, 5.74) is 1.40. The zero-order chi connectivity index (χ0) is 14.8. The van der Waals surface area contributed by atoms with Crippen LogP contribution in [0.25, 0.3) is 0 Å². The average Bonchev–Trinajstić information content (AvgIpc) is 3.00. The van der Waals surface area contributed by atoms with E-state index in [0.717, 1.165) is 31.9 Å². The van der Waals surface area contributed by atoms with Gasteiger partial charge in [-0.25, -0.2) is 0 Å². The molecule has 0 spiro atoms. The van der Waals surface area contributed by atoms with E-state index in [0.29, 0.717) is 23.9 Å². The van der Waals surface area contributed by atoms with Crippen molar-refractivity contribution in [3.05, 3.63) is 29.8 Å². The Balaban J connectivity index is 1.51. The van der Waals surface area contributed by atoms with Crippen LogP contribution in [0.15, 0.2) is 24.3 Å². The highest BCUT2D eigenvalue weighted by Gasteiger charge is 2.36. The van der Waals surface area contributed by atoms with Crippen molar-refractivity contribution in [1.29, 1.82) is 0 Å². The molecule has 0 aromatic heterocycles. The van der Waals surface area contributed by atoms with Crippen molar-refractivity contribution in [3.8, 4) is 0 Å². The van der Waals surface area contributed by atoms with E-state index in [1.807, 2.05) is 0 Å². The lowest BCUT2D eigenvalue weighted by Crippen LogP contribution is -2.33. The molecule has 2 N–H and O–H groups in total. The number of Topliss-reactive ketones (excluding diaryl/α,β-unsaturated/α-hetero) is 1. The van der Waals surface area contributed by atoms with Crippen LogP contribution in [-0.2, 0) is 4.79 Å². The Morgan fingerprint density at radius 1 is 1.19 bits per heavy atom. The molecule has 21 heavy (non-hydrogen) atoms. The van der Waals surface area contributed by atoms with Crippen molar-refractivity contribution in [2.45, 2.75) is 6.92 Å². The molecule has 2 fully saturated rings. The fourth-order valence-electron chi connectivity index (χ4n) is 3.27. The number of rotatable bonds is 4. The van der Waals surface area contributed by atoms with Crippen LogP contribution in [0.1, 0.15) is 17.3 Å². The first-order valence-electron chi connectivity index (χ1n) is 7.46. The molecule has 112 valence electrons. The van der Waals surface area contributed by atoms with Crippen molar-refractivity contribution in [3.63, 3.8) is 0 Å². The van der Waals surface area contributed by atoms with Crippen molar-refractivity contribution < 1.29 is 9.59 Å². The minimum absolute atomic E-state index is 0.0125. The summed E-state index contributed by atoms with van der Waals surface area (Å²) in [6.45, 7) is 6.15. The summed E-state index contributed by atoms with van der Waals surface area (Å²) in [5, 5.41) is 6.29. The number of amides is 1. The third kappa shape index (κ3) is 3.31. The van der Waals surface area contributed by atoms with E-state index in [4.69, 9.17) is 0 Å². The monoisotopic (exact) mass is 287 g/mol. The van der Waals surface area contributed by atoms with Gasteiger partial charge in [0.25, 0.3) is 0 Å². The first-order valence-corrected chi connectivity index (χ1v) is 7.46. The third-order valence-electron chi connectivity index (χ3n) is 4.41. The summed E-state index contributed by atoms with van der Waals surface area (Å²) in [4.78, 5) is 25.5. The molecule has 0 saturated carbocycles. The van der Waals surface area contributed by atoms with Gasteiger partial charge in [0, 0.05) is 24.3 Å². The van der Waals surface area contributed by atoms with Gasteiger partial charge >= 0.3 is 0 Å². The predicted octanol–water partition coefficient (Wildman–Crippen LogP) is 0.979. The van der Waals surface area contributed by atoms with E-state index in [1.165, 1.54) is 6.92 Å². The van der Waals surface area contributed by atoms with Crippen LogP contribution in [0.3, 0.4) is 0 Å². The molecule has 1 aromatic carbocycles. The minimum atomic E-state index is 0.0125. The number of ketones is 1. The van der Waals surface area contributed by atoms with E-state index >= 15 is 0 Å². The lowest BCUT2D eigenvalue weighted by molar-refractivity contribution is -0.117. The second-order valence-electron chi connectivity index (χ2n) is 6.05. The number of hydrogen-bond acceptors (Lipinski definition) is 4. The highest BCUT2D eigenvalue weighted by molar-refractivity contribution is 5.96. The Morgan fingerprint density at radius 3 is 2.38 bits per heavy atom. The van der Waals surface area contributed by atoms with Crippen LogP contribution in [0.5, 0.6) is 0 Å². The molecule has 2 atom stereocenters. The van der Waals surface area contributed by atoms with E-state index in [-0.39, 0.29) is 11.7 Å². The number of anilines is 1. The van der Waals surface area contributed by atoms with Crippen LogP contribution < -0.4 is 10.6 Å². The Bertz CT molecular complexity index is 529. The molecule has 5 heteroatoms. The van der Waals surface area contributed by atoms with E-state index in [9.17, 15) is 9.59 Å². The topological polar surface area (TPSA) is 61.4 Å². The van der Waals surface area contributed by atoms with Crippen molar-refractivity contribution in [2.24, 2.45) is 11.8 Å². The Labute approximate surface area is 124 Å². The number of carbonyl (C=O) groups excluding carboxylic acids is 2. The number of carbonyl (C=O) groups is 2. The zero-order valence-corrected chi connectivity index (χ0v) is 12.3. The van der Waals surface area contributed by atoms with Crippen molar-refractivity contribution in [1.82, 2.24) is 10.2 Å². The second kappa shape index (κ2) is 5.95. The Kier molecular flexibility index (Phi) is 4.03. The minimum Gasteiger partial charge on any atom is -0.325 e. The predicted molar refractivity (Wildman–Crippen MR) is 81.4 cm³/mol. The number of benzene rings is 1. The Morgan fingerprint density at radius 2 is 1.81 bits per heavy atom. The molecule has 2 aliphatic rings. The number of hydrogen-bond donors (Lipinski definition) is 2. The number of fused-ring (bicyclic) bond motifs is 1. The number of nitrogens with zero attached hydrogens (tertiary/aromatic N) is 1. The average molecular weight is 287 g/mol. The fourth-order valence-corrected chi connectivity index (χ4v) is 3.27. The van der Waals surface area contributed by atoms with Gasteiger partial charge in [0.2, 0.25) is 5.91 Å². The summed E-state index contributed by atoms with van der Waals surface area (Å²) in [7, 11) is 0. The van der Waals surface area contributed by atoms with Gasteiger partial charge in [-0.1, -0.05) is 0 Å². The van der Waals surface area contributed by atoms with Crippen LogP contribution in [0.2, 0.25) is 0 Å². The van der Waals surface area contributed by atoms with Crippen LogP contribution >= 0.6 is 0 Å². The standard InChI is InChI=1S/C16H21N3O2/c1-11(20)12-2-4-15(5-3-12)18-16(21)10-19-8-13-6-17-7-14(13)9-19/h2-5,13-14,17H,6-10H2,1H3,(H,18,21)/t13-,14+. The maximum absolute atomic E-state index is 12.1. The molecule has 1 amide bonds. The molecule has 2 saturated heterocycles. The SMILES string of the molecule is CC(=O)c1ccc(NC(=O)CN2C[C@H]3CNC[C@H]3C2)cc1. The van der Waals surface area contributed by atoms with Crippen molar-refractivity contribution >= 4 is 17.4 Å². The molecular formula is C16H21N3O2. The maximum atomic E-state index is 12.1. The van der Waals surface area contributed by atoms with Crippen LogP contribution in [-0.4, -0.2) is 49.3 Å². The lowest BCUT2D eigenvalue weighted by Gasteiger charge is -2.16. The highest BCUT2D eigenvalue weighted by atomic mass is 16.2. The molecule has 2 aliphatic heterocycles. The van der Waals surface area contributed by atoms with Gasteiger partial charge in [-0.15, -0.1) is 0 Å². The molecule has 5 nitrogen and oxygen atoms in total. The van der Waals surface area contributed by atoms with Gasteiger partial charge in [0.05, 0.1) is 6.54 Å². The van der Waals surface area contributed by atoms with Gasteiger partial charge in [-0.3, -0.25) is 14.5 Å². The molecule has 0 unspecified atom stereocenters. The number of likely N-dealkylation sites (tertiary alicyclic amines) is 1. The molecular weight excluding hydrogens is 266 g/mol.